The standard InChI is InChI=1S/C21H17ClN8O7/c1-37-12-4-2-3-11(7-12)26-19(32)16-13(22)5-6-29(16)27-14(31)8-28-10-25-15-17(28)23-9-24-18(15)30(20(33)34)21(35)36/h2-7,9-10H,8H2,1H3,(H,26,32)(H,27,31)(H,33,34)(H,35,36). The SMILES string of the molecule is COc1cccc(NC(=O)c2c(Cl)ccn2NC(=O)Cn2cnc3c(N(C(=O)O)C(=O)O)ncnc32)c1. The number of imide groups is 1. The summed E-state index contributed by atoms with van der Waals surface area (Å²) >= 11 is 6.18. The first-order chi connectivity index (χ1) is 17.7. The number of nitrogens with zero attached hydrogens (tertiary/aromatic N) is 6. The van der Waals surface area contributed by atoms with E-state index >= 15 is 0 Å². The second-order valence-corrected chi connectivity index (χ2v) is 7.65. The molecule has 4 rings (SSSR count). The Labute approximate surface area is 211 Å². The largest absolute Gasteiger partial charge is 0.497 e. The quantitative estimate of drug-likeness (QED) is 0.276. The molecule has 4 N–H and O–H groups in total. The van der Waals surface area contributed by atoms with Crippen LogP contribution in [0.15, 0.2) is 49.2 Å². The zero-order chi connectivity index (χ0) is 26.7. The van der Waals surface area contributed by atoms with E-state index in [9.17, 15) is 29.4 Å². The number of carbonyl (C=O) groups is 4. The molecule has 1 aromatic carbocycles. The summed E-state index contributed by atoms with van der Waals surface area (Å²) in [7, 11) is 1.49. The van der Waals surface area contributed by atoms with Gasteiger partial charge in [-0.3, -0.25) is 19.7 Å². The number of amides is 4. The molecule has 0 fully saturated rings. The predicted molar refractivity (Wildman–Crippen MR) is 129 cm³/mol. The molecule has 0 bridgehead atoms. The number of halogens is 1. The van der Waals surface area contributed by atoms with Crippen molar-refractivity contribution in [2.24, 2.45) is 0 Å². The molecule has 3 heterocycles. The fourth-order valence-electron chi connectivity index (χ4n) is 3.35. The van der Waals surface area contributed by atoms with Gasteiger partial charge in [0.2, 0.25) is 0 Å². The molecule has 3 aromatic heterocycles. The third-order valence-electron chi connectivity index (χ3n) is 4.92. The third kappa shape index (κ3) is 5.10. The molecule has 0 saturated heterocycles. The fraction of sp³-hybridized carbons (Fsp3) is 0.0952. The number of methoxy groups -OCH3 is 1. The van der Waals surface area contributed by atoms with Crippen LogP contribution in [0.3, 0.4) is 0 Å². The summed E-state index contributed by atoms with van der Waals surface area (Å²) in [5.74, 6) is -1.19. The second kappa shape index (κ2) is 10.2. The van der Waals surface area contributed by atoms with Crippen molar-refractivity contribution in [2.45, 2.75) is 6.54 Å². The number of ether oxygens (including phenoxy) is 1. The van der Waals surface area contributed by atoms with Crippen molar-refractivity contribution in [3.8, 4) is 5.75 Å². The van der Waals surface area contributed by atoms with E-state index in [1.165, 1.54) is 30.3 Å². The third-order valence-corrected chi connectivity index (χ3v) is 5.22. The van der Waals surface area contributed by atoms with Crippen LogP contribution in [0.25, 0.3) is 11.2 Å². The molecule has 0 aliphatic rings. The van der Waals surface area contributed by atoms with E-state index < -0.39 is 29.8 Å². The number of hydrogen-bond donors (Lipinski definition) is 4. The number of aromatic nitrogens is 5. The molecular weight excluding hydrogens is 512 g/mol. The van der Waals surface area contributed by atoms with Crippen LogP contribution in [0.4, 0.5) is 21.1 Å². The number of carbonyl (C=O) groups excluding carboxylic acids is 2. The monoisotopic (exact) mass is 528 g/mol. The van der Waals surface area contributed by atoms with Crippen LogP contribution < -0.4 is 20.4 Å². The van der Waals surface area contributed by atoms with E-state index in [1.807, 2.05) is 0 Å². The molecule has 190 valence electrons. The van der Waals surface area contributed by atoms with Gasteiger partial charge in [0.25, 0.3) is 11.8 Å². The Balaban J connectivity index is 1.54. The van der Waals surface area contributed by atoms with Crippen molar-refractivity contribution >= 4 is 58.3 Å². The Morgan fingerprint density at radius 3 is 2.57 bits per heavy atom. The van der Waals surface area contributed by atoms with Gasteiger partial charge in [-0.1, -0.05) is 17.7 Å². The van der Waals surface area contributed by atoms with Crippen LogP contribution >= 0.6 is 11.6 Å². The van der Waals surface area contributed by atoms with Crippen molar-refractivity contribution in [1.29, 1.82) is 0 Å². The second-order valence-electron chi connectivity index (χ2n) is 7.25. The smallest absolute Gasteiger partial charge is 0.422 e. The van der Waals surface area contributed by atoms with E-state index in [0.29, 0.717) is 11.4 Å². The zero-order valence-corrected chi connectivity index (χ0v) is 19.6. The maximum Gasteiger partial charge on any atom is 0.422 e. The zero-order valence-electron chi connectivity index (χ0n) is 18.8. The highest BCUT2D eigenvalue weighted by Crippen LogP contribution is 2.23. The lowest BCUT2D eigenvalue weighted by molar-refractivity contribution is -0.117. The molecule has 0 spiro atoms. The summed E-state index contributed by atoms with van der Waals surface area (Å²) in [6.45, 7) is -0.375. The van der Waals surface area contributed by atoms with Crippen LogP contribution in [-0.2, 0) is 11.3 Å². The molecular formula is C21H17ClN8O7. The maximum atomic E-state index is 12.9. The normalized spacial score (nSPS) is 10.6. The summed E-state index contributed by atoms with van der Waals surface area (Å²) in [5.41, 5.74) is 2.77. The van der Waals surface area contributed by atoms with E-state index in [2.05, 4.69) is 25.7 Å². The first kappa shape index (κ1) is 24.9. The highest BCUT2D eigenvalue weighted by molar-refractivity contribution is 6.34. The summed E-state index contributed by atoms with van der Waals surface area (Å²) in [6, 6.07) is 8.07. The molecule has 16 heteroatoms. The summed E-state index contributed by atoms with van der Waals surface area (Å²) in [6.07, 6.45) is -0.0825. The predicted octanol–water partition coefficient (Wildman–Crippen LogP) is 2.47. The Hall–Kier alpha value is -5.18. The first-order valence-corrected chi connectivity index (χ1v) is 10.6. The summed E-state index contributed by atoms with van der Waals surface area (Å²) < 4.78 is 7.52. The molecule has 0 aliphatic carbocycles. The molecule has 0 unspecified atom stereocenters. The van der Waals surface area contributed by atoms with Gasteiger partial charge in [-0.05, 0) is 18.2 Å². The van der Waals surface area contributed by atoms with Gasteiger partial charge < -0.3 is 24.8 Å². The van der Waals surface area contributed by atoms with Crippen LogP contribution in [0.1, 0.15) is 10.5 Å². The molecule has 15 nitrogen and oxygen atoms in total. The highest BCUT2D eigenvalue weighted by Gasteiger charge is 2.28. The fourth-order valence-corrected chi connectivity index (χ4v) is 3.58. The van der Waals surface area contributed by atoms with Crippen LogP contribution in [0, 0.1) is 0 Å². The minimum absolute atomic E-state index is 0.00850. The summed E-state index contributed by atoms with van der Waals surface area (Å²) in [5, 5.41) is 21.1. The topological polar surface area (TPSA) is 194 Å². The Bertz CT molecular complexity index is 1520. The summed E-state index contributed by atoms with van der Waals surface area (Å²) in [4.78, 5) is 59.9. The van der Waals surface area contributed by atoms with Crippen molar-refractivity contribution < 1.29 is 34.1 Å². The molecule has 37 heavy (non-hydrogen) atoms. The Kier molecular flexibility index (Phi) is 6.88. The van der Waals surface area contributed by atoms with E-state index in [1.54, 1.807) is 24.3 Å². The maximum absolute atomic E-state index is 12.9. The lowest BCUT2D eigenvalue weighted by atomic mass is 10.3. The Morgan fingerprint density at radius 2 is 1.86 bits per heavy atom. The molecule has 0 aliphatic heterocycles. The van der Waals surface area contributed by atoms with Crippen LogP contribution in [-0.4, -0.2) is 65.5 Å². The van der Waals surface area contributed by atoms with Crippen LogP contribution in [0.2, 0.25) is 5.02 Å². The van der Waals surface area contributed by atoms with Crippen molar-refractivity contribution in [1.82, 2.24) is 24.2 Å². The first-order valence-electron chi connectivity index (χ1n) is 10.2. The number of rotatable bonds is 7. The highest BCUT2D eigenvalue weighted by atomic mass is 35.5. The van der Waals surface area contributed by atoms with Gasteiger partial charge in [-0.2, -0.15) is 4.90 Å². The van der Waals surface area contributed by atoms with Gasteiger partial charge in [0.05, 0.1) is 18.5 Å². The number of nitrogens with one attached hydrogen (secondary N) is 2. The average molecular weight is 529 g/mol. The van der Waals surface area contributed by atoms with Gasteiger partial charge in [0.15, 0.2) is 17.0 Å². The van der Waals surface area contributed by atoms with Gasteiger partial charge >= 0.3 is 12.2 Å². The number of hydrogen-bond acceptors (Lipinski definition) is 8. The molecule has 4 amide bonds. The van der Waals surface area contributed by atoms with Gasteiger partial charge in [0.1, 0.15) is 24.3 Å². The van der Waals surface area contributed by atoms with Gasteiger partial charge in [-0.25, -0.2) is 24.5 Å². The van der Waals surface area contributed by atoms with Crippen molar-refractivity contribution in [2.75, 3.05) is 22.8 Å². The number of carboxylic acid groups (broad SMARTS) is 2. The van der Waals surface area contributed by atoms with Gasteiger partial charge in [-0.15, -0.1) is 0 Å². The molecule has 4 aromatic rings. The lowest BCUT2D eigenvalue weighted by Gasteiger charge is -2.13. The number of anilines is 2. The minimum Gasteiger partial charge on any atom is -0.497 e. The van der Waals surface area contributed by atoms with E-state index in [4.69, 9.17) is 16.3 Å². The lowest BCUT2D eigenvalue weighted by Crippen LogP contribution is -2.35. The Morgan fingerprint density at radius 1 is 1.11 bits per heavy atom. The van der Waals surface area contributed by atoms with Crippen LogP contribution in [0.5, 0.6) is 5.75 Å². The van der Waals surface area contributed by atoms with Crippen molar-refractivity contribution in [3.63, 3.8) is 0 Å². The minimum atomic E-state index is -1.79. The average Bonchev–Trinajstić information content (AvgIpc) is 3.42. The van der Waals surface area contributed by atoms with E-state index in [-0.39, 0.29) is 33.3 Å². The molecule has 0 saturated carbocycles. The van der Waals surface area contributed by atoms with E-state index in [0.717, 1.165) is 11.0 Å². The molecule has 0 atom stereocenters. The van der Waals surface area contributed by atoms with Crippen molar-refractivity contribution in [3.05, 3.63) is 59.9 Å². The van der Waals surface area contributed by atoms with Gasteiger partial charge in [0, 0.05) is 18.0 Å². The number of imidazole rings is 1. The molecule has 0 radical (unpaired) electrons. The number of benzene rings is 1. The number of fused-ring (bicyclic) bond motifs is 1.